The van der Waals surface area contributed by atoms with Gasteiger partial charge in [-0.1, -0.05) is 48.5 Å². The van der Waals surface area contributed by atoms with Gasteiger partial charge in [0.1, 0.15) is 17.2 Å². The van der Waals surface area contributed by atoms with Crippen LogP contribution in [-0.2, 0) is 4.74 Å². The molecule has 2 saturated heterocycles. The molecule has 0 saturated carbocycles. The van der Waals surface area contributed by atoms with Crippen molar-refractivity contribution in [2.75, 3.05) is 13.1 Å². The van der Waals surface area contributed by atoms with Gasteiger partial charge in [0, 0.05) is 30.5 Å². The lowest BCUT2D eigenvalue weighted by Gasteiger charge is -2.27. The third-order valence-corrected chi connectivity index (χ3v) is 8.39. The summed E-state index contributed by atoms with van der Waals surface area (Å²) < 4.78 is 5.58. The zero-order valence-corrected chi connectivity index (χ0v) is 26.1. The van der Waals surface area contributed by atoms with Crippen molar-refractivity contribution < 1.29 is 19.1 Å². The van der Waals surface area contributed by atoms with Gasteiger partial charge in [-0.3, -0.25) is 14.5 Å². The van der Waals surface area contributed by atoms with Gasteiger partial charge in [-0.05, 0) is 64.1 Å². The van der Waals surface area contributed by atoms with Crippen molar-refractivity contribution in [2.24, 2.45) is 0 Å². The lowest BCUT2D eigenvalue weighted by molar-refractivity contribution is 0.0218. The molecule has 10 nitrogen and oxygen atoms in total. The number of nitrogens with one attached hydrogen (secondary N) is 3. The van der Waals surface area contributed by atoms with Crippen molar-refractivity contribution in [1.82, 2.24) is 30.2 Å². The van der Waals surface area contributed by atoms with Gasteiger partial charge < -0.3 is 20.0 Å². The van der Waals surface area contributed by atoms with E-state index in [2.05, 4.69) is 25.3 Å². The molecule has 2 atom stereocenters. The fourth-order valence-corrected chi connectivity index (χ4v) is 6.01. The van der Waals surface area contributed by atoms with Crippen LogP contribution < -0.4 is 5.32 Å². The van der Waals surface area contributed by atoms with Crippen LogP contribution in [0.15, 0.2) is 60.9 Å². The van der Waals surface area contributed by atoms with Crippen molar-refractivity contribution in [2.45, 2.75) is 77.0 Å². The molecule has 1 amide bonds. The number of H-pyrrole nitrogens is 2. The number of rotatable bonds is 9. The largest absolute Gasteiger partial charge is 0.444 e. The van der Waals surface area contributed by atoms with Crippen LogP contribution >= 0.6 is 0 Å². The maximum Gasteiger partial charge on any atom is 0.410 e. The Bertz CT molecular complexity index is 1660. The summed E-state index contributed by atoms with van der Waals surface area (Å²) in [7, 11) is 0. The highest BCUT2D eigenvalue weighted by atomic mass is 16.6. The molecule has 2 aromatic carbocycles. The summed E-state index contributed by atoms with van der Waals surface area (Å²) in [6, 6.07) is 14.8. The Hall–Kier alpha value is -4.57. The van der Waals surface area contributed by atoms with E-state index in [0.717, 1.165) is 66.4 Å². The molecule has 2 aliphatic rings. The molecule has 0 spiro atoms. The molecular weight excluding hydrogens is 568 g/mol. The molecule has 10 heteroatoms. The quantitative estimate of drug-likeness (QED) is 0.178. The Kier molecular flexibility index (Phi) is 8.67. The monoisotopic (exact) mass is 608 g/mol. The van der Waals surface area contributed by atoms with Crippen molar-refractivity contribution in [3.63, 3.8) is 0 Å². The van der Waals surface area contributed by atoms with E-state index < -0.39 is 5.60 Å². The SMILES string of the molecule is CC(C)(C)OC(=O)N1CCCC1c1ncc(-c2ccc(C(=O)CCC(=O)c3ccc(-c4cnc(C5CCCN5)[nH]4)cc3)cc2)[nH]1. The normalized spacial score (nSPS) is 18.3. The van der Waals surface area contributed by atoms with Crippen LogP contribution in [0.1, 0.15) is 104 Å². The smallest absolute Gasteiger partial charge is 0.410 e. The van der Waals surface area contributed by atoms with Crippen LogP contribution in [0, 0.1) is 0 Å². The first-order valence-electron chi connectivity index (χ1n) is 15.7. The highest BCUT2D eigenvalue weighted by molar-refractivity contribution is 6.02. The van der Waals surface area contributed by atoms with E-state index in [-0.39, 0.29) is 42.6 Å². The van der Waals surface area contributed by atoms with Crippen LogP contribution in [0.3, 0.4) is 0 Å². The number of aromatic amines is 2. The molecule has 3 N–H and O–H groups in total. The fourth-order valence-electron chi connectivity index (χ4n) is 6.01. The van der Waals surface area contributed by atoms with E-state index in [1.165, 1.54) is 0 Å². The molecule has 4 heterocycles. The first kappa shape index (κ1) is 30.5. The van der Waals surface area contributed by atoms with E-state index in [0.29, 0.717) is 17.7 Å². The number of amides is 1. The number of aromatic nitrogens is 4. The first-order chi connectivity index (χ1) is 21.6. The van der Waals surface area contributed by atoms with E-state index in [9.17, 15) is 14.4 Å². The minimum atomic E-state index is -0.561. The van der Waals surface area contributed by atoms with Gasteiger partial charge in [-0.2, -0.15) is 0 Å². The van der Waals surface area contributed by atoms with Crippen LogP contribution in [0.4, 0.5) is 4.79 Å². The van der Waals surface area contributed by atoms with Crippen LogP contribution in [-0.4, -0.2) is 61.2 Å². The Labute approximate surface area is 263 Å². The molecule has 2 fully saturated rings. The van der Waals surface area contributed by atoms with Crippen molar-refractivity contribution in [3.05, 3.63) is 83.7 Å². The lowest BCUT2D eigenvalue weighted by Crippen LogP contribution is -2.36. The Morgan fingerprint density at radius 1 is 0.800 bits per heavy atom. The van der Waals surface area contributed by atoms with E-state index in [1.807, 2.05) is 63.4 Å². The summed E-state index contributed by atoms with van der Waals surface area (Å²) in [5, 5.41) is 3.44. The maximum absolute atomic E-state index is 12.9. The van der Waals surface area contributed by atoms with E-state index in [4.69, 9.17) is 4.74 Å². The average Bonchev–Trinajstić information content (AvgIpc) is 3.85. The zero-order chi connectivity index (χ0) is 31.6. The molecule has 2 aliphatic heterocycles. The number of nitrogens with zero attached hydrogens (tertiary/aromatic N) is 3. The molecule has 0 bridgehead atoms. The molecular formula is C35H40N6O4. The number of carbonyl (C=O) groups excluding carboxylic acids is 3. The molecule has 4 aromatic rings. The second-order valence-electron chi connectivity index (χ2n) is 12.8. The maximum atomic E-state index is 12.9. The second kappa shape index (κ2) is 12.8. The minimum absolute atomic E-state index is 0.0655. The standard InChI is InChI=1S/C35H40N6O4/c1-35(2,3)45-34(44)41-19-5-7-29(41)33-38-21-28(40-33)23-10-14-25(15-11-23)31(43)17-16-30(42)24-12-8-22(9-13-24)27-20-37-32(39-27)26-6-4-18-36-26/h8-15,20-21,26,29,36H,4-7,16-19H2,1-3H3,(H,37,39)(H,38,40). The third kappa shape index (κ3) is 7.06. The number of carbonyl (C=O) groups is 3. The third-order valence-electron chi connectivity index (χ3n) is 8.39. The number of likely N-dealkylation sites (tertiary alicyclic amines) is 1. The minimum Gasteiger partial charge on any atom is -0.444 e. The second-order valence-corrected chi connectivity index (χ2v) is 12.8. The molecule has 6 rings (SSSR count). The summed E-state index contributed by atoms with van der Waals surface area (Å²) >= 11 is 0. The number of ketones is 2. The van der Waals surface area contributed by atoms with Gasteiger partial charge in [0.25, 0.3) is 0 Å². The van der Waals surface area contributed by atoms with Gasteiger partial charge in [-0.15, -0.1) is 0 Å². The highest BCUT2D eigenvalue weighted by Crippen LogP contribution is 2.33. The summed E-state index contributed by atoms with van der Waals surface area (Å²) in [5.41, 5.74) is 4.15. The van der Waals surface area contributed by atoms with Gasteiger partial charge in [0.05, 0.1) is 35.9 Å². The van der Waals surface area contributed by atoms with E-state index in [1.54, 1.807) is 23.2 Å². The first-order valence-corrected chi connectivity index (χ1v) is 15.7. The number of benzene rings is 2. The summed E-state index contributed by atoms with van der Waals surface area (Å²) in [6.45, 7) is 7.22. The van der Waals surface area contributed by atoms with Crippen molar-refractivity contribution in [3.8, 4) is 22.5 Å². The number of ether oxygens (including phenoxy) is 1. The highest BCUT2D eigenvalue weighted by Gasteiger charge is 2.35. The average molecular weight is 609 g/mol. The lowest BCUT2D eigenvalue weighted by atomic mass is 9.99. The van der Waals surface area contributed by atoms with Crippen LogP contribution in [0.5, 0.6) is 0 Å². The van der Waals surface area contributed by atoms with E-state index >= 15 is 0 Å². The Morgan fingerprint density at radius 2 is 1.36 bits per heavy atom. The Morgan fingerprint density at radius 3 is 1.89 bits per heavy atom. The number of hydrogen-bond donors (Lipinski definition) is 3. The zero-order valence-electron chi connectivity index (χ0n) is 26.1. The summed E-state index contributed by atoms with van der Waals surface area (Å²) in [4.78, 5) is 56.1. The van der Waals surface area contributed by atoms with Gasteiger partial charge in [-0.25, -0.2) is 14.8 Å². The van der Waals surface area contributed by atoms with Gasteiger partial charge in [0.15, 0.2) is 11.6 Å². The number of Topliss-reactive ketones (excluding diaryl/α,β-unsaturated/α-hetero) is 2. The predicted octanol–water partition coefficient (Wildman–Crippen LogP) is 6.81. The van der Waals surface area contributed by atoms with Crippen molar-refractivity contribution >= 4 is 17.7 Å². The predicted molar refractivity (Wildman–Crippen MR) is 171 cm³/mol. The fraction of sp³-hybridized carbons (Fsp3) is 0.400. The molecule has 45 heavy (non-hydrogen) atoms. The molecule has 2 aromatic heterocycles. The van der Waals surface area contributed by atoms with Gasteiger partial charge >= 0.3 is 6.09 Å². The number of hydrogen-bond acceptors (Lipinski definition) is 7. The Balaban J connectivity index is 1.02. The molecule has 0 radical (unpaired) electrons. The van der Waals surface area contributed by atoms with Gasteiger partial charge in [0.2, 0.25) is 0 Å². The molecule has 0 aliphatic carbocycles. The van der Waals surface area contributed by atoms with Crippen molar-refractivity contribution in [1.29, 1.82) is 0 Å². The summed E-state index contributed by atoms with van der Waals surface area (Å²) in [5.74, 6) is 1.51. The van der Waals surface area contributed by atoms with Crippen LogP contribution in [0.25, 0.3) is 22.5 Å². The number of imidazole rings is 2. The van der Waals surface area contributed by atoms with Crippen LogP contribution in [0.2, 0.25) is 0 Å². The molecule has 2 unspecified atom stereocenters. The topological polar surface area (TPSA) is 133 Å². The molecule has 234 valence electrons. The summed E-state index contributed by atoms with van der Waals surface area (Å²) in [6.07, 6.45) is 7.44.